The number of carboxylic acid groups (broad SMARTS) is 1. The molecule has 0 aromatic heterocycles. The third-order valence-electron chi connectivity index (χ3n) is 4.47. The molecule has 1 amide bonds. The first-order valence-electron chi connectivity index (χ1n) is 7.26. The minimum atomic E-state index is -1.41. The lowest BCUT2D eigenvalue weighted by Crippen LogP contribution is -2.52. The van der Waals surface area contributed by atoms with E-state index in [1.807, 2.05) is 30.3 Å². The van der Waals surface area contributed by atoms with Gasteiger partial charge in [-0.2, -0.15) is 0 Å². The van der Waals surface area contributed by atoms with Crippen LogP contribution < -0.4 is 11.5 Å². The Morgan fingerprint density at radius 2 is 1.91 bits per heavy atom. The molecule has 6 heteroatoms. The molecule has 0 radical (unpaired) electrons. The Morgan fingerprint density at radius 3 is 2.45 bits per heavy atom. The maximum Gasteiger partial charge on any atom is 0.305 e. The number of hydrogen-bond acceptors (Lipinski definition) is 4. The molecular formula is C16H20N2O4. The molecule has 6 nitrogen and oxygen atoms in total. The van der Waals surface area contributed by atoms with Gasteiger partial charge in [-0.15, -0.1) is 0 Å². The Labute approximate surface area is 128 Å². The summed E-state index contributed by atoms with van der Waals surface area (Å²) in [4.78, 5) is 35.7. The predicted molar refractivity (Wildman–Crippen MR) is 79.9 cm³/mol. The molecule has 1 aliphatic rings. The molecule has 1 aromatic rings. The van der Waals surface area contributed by atoms with E-state index in [0.29, 0.717) is 19.3 Å². The second-order valence-corrected chi connectivity index (χ2v) is 5.76. The number of hydrogen-bond donors (Lipinski definition) is 3. The number of carbonyl (C=O) groups is 3. The quantitative estimate of drug-likeness (QED) is 0.670. The smallest absolute Gasteiger partial charge is 0.305 e. The van der Waals surface area contributed by atoms with Crippen LogP contribution in [0.3, 0.4) is 0 Å². The van der Waals surface area contributed by atoms with Gasteiger partial charge in [0.15, 0.2) is 5.78 Å². The minimum Gasteiger partial charge on any atom is -0.481 e. The van der Waals surface area contributed by atoms with Gasteiger partial charge in [0.2, 0.25) is 5.91 Å². The molecule has 22 heavy (non-hydrogen) atoms. The Kier molecular flexibility index (Phi) is 4.61. The van der Waals surface area contributed by atoms with E-state index >= 15 is 0 Å². The first-order valence-corrected chi connectivity index (χ1v) is 7.26. The summed E-state index contributed by atoms with van der Waals surface area (Å²) >= 11 is 0. The summed E-state index contributed by atoms with van der Waals surface area (Å²) in [5, 5.41) is 8.83. The molecule has 1 aliphatic carbocycles. The van der Waals surface area contributed by atoms with Crippen molar-refractivity contribution < 1.29 is 19.5 Å². The van der Waals surface area contributed by atoms with Crippen LogP contribution in [0.2, 0.25) is 0 Å². The lowest BCUT2D eigenvalue weighted by molar-refractivity contribution is -0.145. The van der Waals surface area contributed by atoms with Gasteiger partial charge < -0.3 is 16.6 Å². The topological polar surface area (TPSA) is 123 Å². The lowest BCUT2D eigenvalue weighted by atomic mass is 9.68. The van der Waals surface area contributed by atoms with Gasteiger partial charge >= 0.3 is 5.97 Å². The molecule has 2 unspecified atom stereocenters. The normalized spacial score (nSPS) is 25.6. The first kappa shape index (κ1) is 16.2. The number of nitrogens with two attached hydrogens (primary N) is 2. The van der Waals surface area contributed by atoms with Crippen molar-refractivity contribution >= 4 is 17.7 Å². The summed E-state index contributed by atoms with van der Waals surface area (Å²) in [5.74, 6) is -2.80. The predicted octanol–water partition coefficient (Wildman–Crippen LogP) is 0.797. The van der Waals surface area contributed by atoms with Crippen molar-refractivity contribution in [3.05, 3.63) is 35.9 Å². The SMILES string of the molecule is NC(=O)C1(C(=O)[C@@H](N)CC(=O)O)CCCC1c1ccccc1. The van der Waals surface area contributed by atoms with Crippen LogP contribution in [0.4, 0.5) is 0 Å². The number of aliphatic carboxylic acids is 1. The van der Waals surface area contributed by atoms with Crippen LogP contribution in [-0.4, -0.2) is 28.8 Å². The molecule has 3 atom stereocenters. The van der Waals surface area contributed by atoms with E-state index in [1.165, 1.54) is 0 Å². The first-order chi connectivity index (χ1) is 10.4. The summed E-state index contributed by atoms with van der Waals surface area (Å²) in [6.07, 6.45) is 1.13. The number of carbonyl (C=O) groups excluding carboxylic acids is 2. The highest BCUT2D eigenvalue weighted by Crippen LogP contribution is 2.50. The zero-order valence-electron chi connectivity index (χ0n) is 12.2. The number of ketones is 1. The standard InChI is InChI=1S/C16H20N2O4/c17-12(9-13(19)20)14(21)16(15(18)22)8-4-7-11(16)10-5-2-1-3-6-10/h1-3,5-6,11-12H,4,7-9,17H2,(H2,18,22)(H,19,20)/t11?,12-,16?/m0/s1. The van der Waals surface area contributed by atoms with Crippen LogP contribution in [0.25, 0.3) is 0 Å². The van der Waals surface area contributed by atoms with E-state index < -0.39 is 35.5 Å². The fraction of sp³-hybridized carbons (Fsp3) is 0.438. The summed E-state index contributed by atoms with van der Waals surface area (Å²) in [6.45, 7) is 0. The van der Waals surface area contributed by atoms with Gasteiger partial charge in [0.25, 0.3) is 0 Å². The van der Waals surface area contributed by atoms with Crippen LogP contribution in [0, 0.1) is 5.41 Å². The van der Waals surface area contributed by atoms with Crippen LogP contribution in [0.5, 0.6) is 0 Å². The maximum atomic E-state index is 12.7. The molecule has 1 aromatic carbocycles. The molecule has 5 N–H and O–H groups in total. The Morgan fingerprint density at radius 1 is 1.27 bits per heavy atom. The second-order valence-electron chi connectivity index (χ2n) is 5.76. The molecule has 1 saturated carbocycles. The molecule has 2 rings (SSSR count). The highest BCUT2D eigenvalue weighted by Gasteiger charge is 2.55. The van der Waals surface area contributed by atoms with Crippen molar-refractivity contribution in [2.75, 3.05) is 0 Å². The molecule has 0 spiro atoms. The highest BCUT2D eigenvalue weighted by atomic mass is 16.4. The molecule has 118 valence electrons. The zero-order valence-corrected chi connectivity index (χ0v) is 12.2. The van der Waals surface area contributed by atoms with E-state index in [4.69, 9.17) is 16.6 Å². The molecule has 0 aliphatic heterocycles. The fourth-order valence-corrected chi connectivity index (χ4v) is 3.47. The van der Waals surface area contributed by atoms with Crippen molar-refractivity contribution in [1.29, 1.82) is 0 Å². The van der Waals surface area contributed by atoms with E-state index in [9.17, 15) is 14.4 Å². The third kappa shape index (κ3) is 2.74. The van der Waals surface area contributed by atoms with Crippen LogP contribution in [0.1, 0.15) is 37.2 Å². The van der Waals surface area contributed by atoms with Gasteiger partial charge in [-0.05, 0) is 18.4 Å². The number of rotatable bonds is 6. The van der Waals surface area contributed by atoms with Crippen molar-refractivity contribution in [2.45, 2.75) is 37.6 Å². The third-order valence-corrected chi connectivity index (χ3v) is 4.47. The summed E-state index contributed by atoms with van der Waals surface area (Å²) in [6, 6.07) is 7.99. The molecular weight excluding hydrogens is 284 g/mol. The number of amides is 1. The zero-order chi connectivity index (χ0) is 16.3. The van der Waals surface area contributed by atoms with Crippen molar-refractivity contribution in [3.8, 4) is 0 Å². The molecule has 0 heterocycles. The monoisotopic (exact) mass is 304 g/mol. The molecule has 1 fully saturated rings. The number of Topliss-reactive ketones (excluding diaryl/α,β-unsaturated/α-hetero) is 1. The second kappa shape index (κ2) is 6.27. The lowest BCUT2D eigenvalue weighted by Gasteiger charge is -2.33. The Balaban J connectivity index is 2.41. The van der Waals surface area contributed by atoms with Gasteiger partial charge in [-0.25, -0.2) is 0 Å². The van der Waals surface area contributed by atoms with Crippen LogP contribution in [0.15, 0.2) is 30.3 Å². The van der Waals surface area contributed by atoms with Crippen LogP contribution in [-0.2, 0) is 14.4 Å². The average Bonchev–Trinajstić information content (AvgIpc) is 2.92. The molecule has 0 bridgehead atoms. The van der Waals surface area contributed by atoms with E-state index in [-0.39, 0.29) is 5.92 Å². The average molecular weight is 304 g/mol. The van der Waals surface area contributed by atoms with Gasteiger partial charge in [0.1, 0.15) is 5.41 Å². The molecule has 0 saturated heterocycles. The van der Waals surface area contributed by atoms with E-state index in [0.717, 1.165) is 5.56 Å². The summed E-state index contributed by atoms with van der Waals surface area (Å²) < 4.78 is 0. The minimum absolute atomic E-state index is 0.314. The number of primary amides is 1. The van der Waals surface area contributed by atoms with E-state index in [1.54, 1.807) is 0 Å². The van der Waals surface area contributed by atoms with Gasteiger partial charge in [-0.3, -0.25) is 14.4 Å². The van der Waals surface area contributed by atoms with Gasteiger partial charge in [0.05, 0.1) is 12.5 Å². The van der Waals surface area contributed by atoms with Crippen molar-refractivity contribution in [2.24, 2.45) is 16.9 Å². The fourth-order valence-electron chi connectivity index (χ4n) is 3.47. The maximum absolute atomic E-state index is 12.7. The van der Waals surface area contributed by atoms with Gasteiger partial charge in [-0.1, -0.05) is 36.8 Å². The Bertz CT molecular complexity index is 587. The van der Waals surface area contributed by atoms with Crippen molar-refractivity contribution in [1.82, 2.24) is 0 Å². The van der Waals surface area contributed by atoms with Crippen molar-refractivity contribution in [3.63, 3.8) is 0 Å². The van der Waals surface area contributed by atoms with E-state index in [2.05, 4.69) is 0 Å². The number of carboxylic acids is 1. The summed E-state index contributed by atoms with van der Waals surface area (Å²) in [7, 11) is 0. The largest absolute Gasteiger partial charge is 0.481 e. The summed E-state index contributed by atoms with van der Waals surface area (Å²) in [5.41, 5.74) is 10.7. The highest BCUT2D eigenvalue weighted by molar-refractivity contribution is 6.09. The Hall–Kier alpha value is -2.21. The number of benzene rings is 1. The van der Waals surface area contributed by atoms with Crippen LogP contribution >= 0.6 is 0 Å². The van der Waals surface area contributed by atoms with Gasteiger partial charge in [0, 0.05) is 5.92 Å².